The molecule has 0 unspecified atom stereocenters. The van der Waals surface area contributed by atoms with Gasteiger partial charge in [-0.25, -0.2) is 4.79 Å². The lowest BCUT2D eigenvalue weighted by Gasteiger charge is -2.20. The molecule has 1 fully saturated rings. The van der Waals surface area contributed by atoms with Gasteiger partial charge in [0.05, 0.1) is 28.6 Å². The van der Waals surface area contributed by atoms with E-state index >= 15 is 0 Å². The summed E-state index contributed by atoms with van der Waals surface area (Å²) in [7, 11) is 0. The number of thioether (sulfide) groups is 1. The van der Waals surface area contributed by atoms with Gasteiger partial charge in [0, 0.05) is 22.8 Å². The maximum Gasteiger partial charge on any atom is 0.414 e. The summed E-state index contributed by atoms with van der Waals surface area (Å²) in [5.74, 6) is -0.000918. The van der Waals surface area contributed by atoms with Gasteiger partial charge in [-0.1, -0.05) is 17.7 Å². The lowest BCUT2D eigenvalue weighted by Crippen LogP contribution is -2.27. The van der Waals surface area contributed by atoms with Crippen LogP contribution in [-0.2, 0) is 9.53 Å². The van der Waals surface area contributed by atoms with Gasteiger partial charge in [0.15, 0.2) is 0 Å². The van der Waals surface area contributed by atoms with Crippen molar-refractivity contribution >= 4 is 58.3 Å². The average Bonchev–Trinajstić information content (AvgIpc) is 3.11. The molecule has 162 valence electrons. The maximum absolute atomic E-state index is 12.3. The predicted molar refractivity (Wildman–Crippen MR) is 121 cm³/mol. The number of halogens is 1. The second-order valence-electron chi connectivity index (χ2n) is 7.24. The predicted octanol–water partition coefficient (Wildman–Crippen LogP) is 3.50. The molecule has 0 bridgehead atoms. The number of ether oxygens (including phenoxy) is 1. The Kier molecular flexibility index (Phi) is 6.24. The summed E-state index contributed by atoms with van der Waals surface area (Å²) in [6, 6.07) is 10.5. The molecule has 8 nitrogen and oxygen atoms in total. The number of rotatable bonds is 6. The van der Waals surface area contributed by atoms with Crippen LogP contribution in [0.15, 0.2) is 41.3 Å². The van der Waals surface area contributed by atoms with E-state index in [4.69, 9.17) is 22.1 Å². The summed E-state index contributed by atoms with van der Waals surface area (Å²) in [6.07, 6.45) is 0.513. The van der Waals surface area contributed by atoms with Crippen LogP contribution in [0.3, 0.4) is 0 Å². The van der Waals surface area contributed by atoms with Crippen molar-refractivity contribution in [1.29, 1.82) is 0 Å². The summed E-state index contributed by atoms with van der Waals surface area (Å²) in [5, 5.41) is 5.93. The zero-order valence-electron chi connectivity index (χ0n) is 16.5. The van der Waals surface area contributed by atoms with Gasteiger partial charge in [-0.15, -0.1) is 11.8 Å². The Hall–Kier alpha value is -2.91. The van der Waals surface area contributed by atoms with Crippen LogP contribution < -0.4 is 21.3 Å². The van der Waals surface area contributed by atoms with Crippen molar-refractivity contribution in [3.05, 3.63) is 47.0 Å². The van der Waals surface area contributed by atoms with E-state index < -0.39 is 6.09 Å². The first-order valence-corrected chi connectivity index (χ1v) is 11.2. The Labute approximate surface area is 188 Å². The molecule has 4 N–H and O–H groups in total. The third-order valence-corrected chi connectivity index (χ3v) is 6.43. The fourth-order valence-electron chi connectivity index (χ4n) is 3.52. The third kappa shape index (κ3) is 4.72. The Morgan fingerprint density at radius 1 is 1.32 bits per heavy atom. The molecule has 2 aromatic rings. The van der Waals surface area contributed by atoms with E-state index in [1.165, 1.54) is 11.8 Å². The number of carbonyl (C=O) groups excluding carboxylic acids is 3. The van der Waals surface area contributed by atoms with Gasteiger partial charge in [0.2, 0.25) is 5.91 Å². The molecule has 0 radical (unpaired) electrons. The molecule has 2 aromatic carbocycles. The molecular weight excluding hydrogens is 440 g/mol. The van der Waals surface area contributed by atoms with Crippen molar-refractivity contribution in [2.24, 2.45) is 0 Å². The number of fused-ring (bicyclic) bond motifs is 1. The van der Waals surface area contributed by atoms with Gasteiger partial charge < -0.3 is 21.1 Å². The highest BCUT2D eigenvalue weighted by Gasteiger charge is 2.32. The van der Waals surface area contributed by atoms with Crippen LogP contribution in [0.5, 0.6) is 0 Å². The molecule has 1 saturated heterocycles. The Morgan fingerprint density at radius 3 is 2.97 bits per heavy atom. The van der Waals surface area contributed by atoms with Crippen molar-refractivity contribution in [2.45, 2.75) is 23.8 Å². The highest BCUT2D eigenvalue weighted by molar-refractivity contribution is 8.00. The second-order valence-corrected chi connectivity index (χ2v) is 8.66. The first-order valence-electron chi connectivity index (χ1n) is 9.79. The minimum absolute atomic E-state index is 0.0582. The molecule has 10 heteroatoms. The molecule has 2 heterocycles. The number of nitrogens with one attached hydrogen (secondary N) is 2. The second kappa shape index (κ2) is 9.07. The van der Waals surface area contributed by atoms with Crippen molar-refractivity contribution in [3.63, 3.8) is 0 Å². The highest BCUT2D eigenvalue weighted by Crippen LogP contribution is 2.35. The van der Waals surface area contributed by atoms with Crippen LogP contribution in [0.25, 0.3) is 0 Å². The standard InChI is InChI=1S/C21H21ClN4O4S/c22-14-4-1-5-15(23)19(14)20(28)24-8-2-3-13-10-26(21(29)30-13)12-6-7-17-16(9-12)25-18(27)11-31-17/h1,4-7,9,13H,2-3,8,10-11,23H2,(H,24,28)(H,25,27)/t13-/m1/s1. The minimum atomic E-state index is -0.424. The number of cyclic esters (lactones) is 1. The molecule has 1 atom stereocenters. The number of hydrogen-bond acceptors (Lipinski definition) is 6. The number of benzene rings is 2. The number of amides is 3. The molecule has 31 heavy (non-hydrogen) atoms. The number of hydrogen-bond donors (Lipinski definition) is 3. The lowest BCUT2D eigenvalue weighted by atomic mass is 10.1. The van der Waals surface area contributed by atoms with Crippen molar-refractivity contribution in [2.75, 3.05) is 34.8 Å². The number of nitrogen functional groups attached to an aromatic ring is 1. The fourth-order valence-corrected chi connectivity index (χ4v) is 4.58. The zero-order chi connectivity index (χ0) is 22.0. The number of carbonyl (C=O) groups is 3. The van der Waals surface area contributed by atoms with Crippen LogP contribution in [0.2, 0.25) is 5.02 Å². The van der Waals surface area contributed by atoms with Crippen molar-refractivity contribution in [1.82, 2.24) is 5.32 Å². The Morgan fingerprint density at radius 2 is 2.16 bits per heavy atom. The summed E-state index contributed by atoms with van der Waals surface area (Å²) in [6.45, 7) is 0.809. The summed E-state index contributed by atoms with van der Waals surface area (Å²) in [4.78, 5) is 38.8. The monoisotopic (exact) mass is 460 g/mol. The molecule has 3 amide bonds. The normalized spacial score (nSPS) is 17.7. The topological polar surface area (TPSA) is 114 Å². The number of nitrogens with zero attached hydrogens (tertiary/aromatic N) is 1. The van der Waals surface area contributed by atoms with Crippen LogP contribution in [-0.4, -0.2) is 42.9 Å². The molecular formula is C21H21ClN4O4S. The zero-order valence-corrected chi connectivity index (χ0v) is 18.1. The average molecular weight is 461 g/mol. The van der Waals surface area contributed by atoms with Gasteiger partial charge in [-0.3, -0.25) is 14.5 Å². The van der Waals surface area contributed by atoms with Gasteiger partial charge in [0.25, 0.3) is 5.91 Å². The first kappa shape index (κ1) is 21.3. The lowest BCUT2D eigenvalue weighted by molar-refractivity contribution is -0.113. The fraction of sp³-hybridized carbons (Fsp3) is 0.286. The Balaban J connectivity index is 1.29. The van der Waals surface area contributed by atoms with E-state index in [-0.39, 0.29) is 23.5 Å². The van der Waals surface area contributed by atoms with Crippen LogP contribution in [0, 0.1) is 0 Å². The minimum Gasteiger partial charge on any atom is -0.444 e. The van der Waals surface area contributed by atoms with E-state index in [1.807, 2.05) is 12.1 Å². The SMILES string of the molecule is Nc1cccc(Cl)c1C(=O)NCCC[C@@H]1CN(c2ccc3c(c2)NC(=O)CS3)C(=O)O1. The third-order valence-electron chi connectivity index (χ3n) is 5.04. The van der Waals surface area contributed by atoms with E-state index in [2.05, 4.69) is 10.6 Å². The largest absolute Gasteiger partial charge is 0.444 e. The van der Waals surface area contributed by atoms with Gasteiger partial charge in [-0.05, 0) is 43.2 Å². The summed E-state index contributed by atoms with van der Waals surface area (Å²) < 4.78 is 5.46. The summed E-state index contributed by atoms with van der Waals surface area (Å²) in [5.41, 5.74) is 7.80. The van der Waals surface area contributed by atoms with Crippen LogP contribution >= 0.6 is 23.4 Å². The quantitative estimate of drug-likeness (QED) is 0.449. The van der Waals surface area contributed by atoms with Crippen molar-refractivity contribution < 1.29 is 19.1 Å². The van der Waals surface area contributed by atoms with Crippen molar-refractivity contribution in [3.8, 4) is 0 Å². The molecule has 0 aliphatic carbocycles. The highest BCUT2D eigenvalue weighted by atomic mass is 35.5. The Bertz CT molecular complexity index is 1030. The molecule has 0 spiro atoms. The number of anilines is 3. The molecule has 4 rings (SSSR count). The molecule has 2 aliphatic heterocycles. The van der Waals surface area contributed by atoms with E-state index in [0.29, 0.717) is 53.8 Å². The van der Waals surface area contributed by atoms with Gasteiger partial charge >= 0.3 is 6.09 Å². The van der Waals surface area contributed by atoms with Crippen LogP contribution in [0.1, 0.15) is 23.2 Å². The van der Waals surface area contributed by atoms with Gasteiger partial charge in [-0.2, -0.15) is 0 Å². The van der Waals surface area contributed by atoms with E-state index in [1.54, 1.807) is 29.2 Å². The molecule has 0 saturated carbocycles. The molecule has 2 aliphatic rings. The van der Waals surface area contributed by atoms with E-state index in [9.17, 15) is 14.4 Å². The van der Waals surface area contributed by atoms with Crippen LogP contribution in [0.4, 0.5) is 21.9 Å². The smallest absolute Gasteiger partial charge is 0.414 e. The summed E-state index contributed by atoms with van der Waals surface area (Å²) >= 11 is 7.52. The first-order chi connectivity index (χ1) is 14.9. The molecule has 0 aromatic heterocycles. The maximum atomic E-state index is 12.3. The van der Waals surface area contributed by atoms with Gasteiger partial charge in [0.1, 0.15) is 6.10 Å². The van der Waals surface area contributed by atoms with E-state index in [0.717, 1.165) is 4.90 Å². The number of nitrogens with two attached hydrogens (primary N) is 1.